The zero-order chi connectivity index (χ0) is 17.1. The first-order valence-electron chi connectivity index (χ1n) is 7.88. The number of carboxylic acid groups (broad SMARTS) is 1. The van der Waals surface area contributed by atoms with Crippen LogP contribution in [0.15, 0.2) is 36.5 Å². The largest absolute Gasteiger partial charge is 0.481 e. The fourth-order valence-electron chi connectivity index (χ4n) is 2.93. The van der Waals surface area contributed by atoms with Gasteiger partial charge in [0.2, 0.25) is 0 Å². The Morgan fingerprint density at radius 2 is 2.08 bits per heavy atom. The number of likely N-dealkylation sites (tertiary alicyclic amines) is 1. The molecule has 1 saturated heterocycles. The molecule has 0 spiro atoms. The number of aliphatic carboxylic acids is 1. The average molecular weight is 328 g/mol. The number of carbonyl (C=O) groups excluding carboxylic acids is 1. The molecule has 1 unspecified atom stereocenters. The Kier molecular flexibility index (Phi) is 4.50. The second-order valence-electron chi connectivity index (χ2n) is 5.97. The third-order valence-corrected chi connectivity index (χ3v) is 4.21. The molecule has 0 aliphatic carbocycles. The van der Waals surface area contributed by atoms with Crippen molar-refractivity contribution in [2.24, 2.45) is 13.0 Å². The summed E-state index contributed by atoms with van der Waals surface area (Å²) in [6.45, 7) is 1.09. The Morgan fingerprint density at radius 1 is 1.33 bits per heavy atom. The molecule has 2 amide bonds. The van der Waals surface area contributed by atoms with Gasteiger partial charge < -0.3 is 15.3 Å². The van der Waals surface area contributed by atoms with Crippen molar-refractivity contribution in [3.05, 3.63) is 42.1 Å². The molecule has 0 radical (unpaired) electrons. The Morgan fingerprint density at radius 3 is 2.75 bits per heavy atom. The number of aryl methyl sites for hydroxylation is 1. The Labute approximate surface area is 139 Å². The Balaban J connectivity index is 1.65. The zero-order valence-electron chi connectivity index (χ0n) is 13.5. The van der Waals surface area contributed by atoms with E-state index in [0.29, 0.717) is 19.5 Å². The van der Waals surface area contributed by atoms with Crippen LogP contribution in [0.4, 0.5) is 4.79 Å². The normalized spacial score (nSPS) is 17.0. The molecule has 126 valence electrons. The third kappa shape index (κ3) is 3.40. The standard InChI is InChI=1S/C17H20N4O3/c1-20-10-14(15(19-20)12-5-3-2-4-6-12)9-18-17(24)21-8-7-13(11-21)16(22)23/h2-6,10,13H,7-9,11H2,1H3,(H,18,24)(H,22,23). The van der Waals surface area contributed by atoms with Crippen molar-refractivity contribution in [1.29, 1.82) is 0 Å². The van der Waals surface area contributed by atoms with Gasteiger partial charge in [-0.15, -0.1) is 0 Å². The number of nitrogens with zero attached hydrogens (tertiary/aromatic N) is 3. The molecule has 2 aromatic rings. The summed E-state index contributed by atoms with van der Waals surface area (Å²) in [6.07, 6.45) is 2.39. The lowest BCUT2D eigenvalue weighted by molar-refractivity contribution is -0.141. The van der Waals surface area contributed by atoms with Crippen LogP contribution in [0.3, 0.4) is 0 Å². The number of amides is 2. The molecule has 1 aliphatic heterocycles. The van der Waals surface area contributed by atoms with Gasteiger partial charge in [0.25, 0.3) is 0 Å². The maximum atomic E-state index is 12.2. The second kappa shape index (κ2) is 6.74. The number of hydrogen-bond donors (Lipinski definition) is 2. The van der Waals surface area contributed by atoms with Crippen LogP contribution in [0.1, 0.15) is 12.0 Å². The molecule has 1 fully saturated rings. The number of benzene rings is 1. The number of rotatable bonds is 4. The number of nitrogens with one attached hydrogen (secondary N) is 1. The maximum absolute atomic E-state index is 12.2. The molecule has 1 aromatic heterocycles. The molecule has 7 heteroatoms. The predicted octanol–water partition coefficient (Wildman–Crippen LogP) is 1.70. The number of hydrogen-bond acceptors (Lipinski definition) is 3. The highest BCUT2D eigenvalue weighted by Crippen LogP contribution is 2.22. The first-order chi connectivity index (χ1) is 11.5. The van der Waals surface area contributed by atoms with E-state index in [1.165, 1.54) is 0 Å². The first kappa shape index (κ1) is 16.0. The lowest BCUT2D eigenvalue weighted by Gasteiger charge is -2.16. The Hall–Kier alpha value is -2.83. The van der Waals surface area contributed by atoms with Crippen LogP contribution in [-0.4, -0.2) is 44.9 Å². The summed E-state index contributed by atoms with van der Waals surface area (Å²) in [7, 11) is 1.84. The zero-order valence-corrected chi connectivity index (χ0v) is 13.5. The van der Waals surface area contributed by atoms with Crippen molar-refractivity contribution in [2.45, 2.75) is 13.0 Å². The summed E-state index contributed by atoms with van der Waals surface area (Å²) in [5.74, 6) is -1.31. The Bertz CT molecular complexity index is 742. The van der Waals surface area contributed by atoms with Gasteiger partial charge in [-0.05, 0) is 6.42 Å². The summed E-state index contributed by atoms with van der Waals surface area (Å²) < 4.78 is 1.72. The van der Waals surface area contributed by atoms with E-state index >= 15 is 0 Å². The van der Waals surface area contributed by atoms with Crippen LogP contribution >= 0.6 is 0 Å². The summed E-state index contributed by atoms with van der Waals surface area (Å²) >= 11 is 0. The van der Waals surface area contributed by atoms with E-state index in [9.17, 15) is 9.59 Å². The quantitative estimate of drug-likeness (QED) is 0.894. The topological polar surface area (TPSA) is 87.5 Å². The molecule has 1 aromatic carbocycles. The molecule has 7 nitrogen and oxygen atoms in total. The molecule has 1 aliphatic rings. The van der Waals surface area contributed by atoms with E-state index in [2.05, 4.69) is 10.4 Å². The van der Waals surface area contributed by atoms with Crippen LogP contribution in [-0.2, 0) is 18.4 Å². The highest BCUT2D eigenvalue weighted by molar-refractivity contribution is 5.77. The van der Waals surface area contributed by atoms with E-state index in [1.54, 1.807) is 9.58 Å². The summed E-state index contributed by atoms with van der Waals surface area (Å²) in [6, 6.07) is 9.56. The van der Waals surface area contributed by atoms with Crippen molar-refractivity contribution >= 4 is 12.0 Å². The number of carboxylic acids is 1. The van der Waals surface area contributed by atoms with Gasteiger partial charge in [-0.2, -0.15) is 5.10 Å². The van der Waals surface area contributed by atoms with Gasteiger partial charge >= 0.3 is 12.0 Å². The van der Waals surface area contributed by atoms with E-state index in [-0.39, 0.29) is 12.6 Å². The molecule has 2 N–H and O–H groups in total. The minimum absolute atomic E-state index is 0.235. The van der Waals surface area contributed by atoms with Crippen molar-refractivity contribution in [3.8, 4) is 11.3 Å². The fourth-order valence-corrected chi connectivity index (χ4v) is 2.93. The monoisotopic (exact) mass is 328 g/mol. The van der Waals surface area contributed by atoms with Crippen molar-refractivity contribution in [2.75, 3.05) is 13.1 Å². The highest BCUT2D eigenvalue weighted by atomic mass is 16.4. The van der Waals surface area contributed by atoms with E-state index in [1.807, 2.05) is 43.6 Å². The lowest BCUT2D eigenvalue weighted by atomic mass is 10.1. The summed E-state index contributed by atoms with van der Waals surface area (Å²) in [4.78, 5) is 24.8. The van der Waals surface area contributed by atoms with Gasteiger partial charge in [-0.25, -0.2) is 4.79 Å². The van der Waals surface area contributed by atoms with E-state index < -0.39 is 11.9 Å². The van der Waals surface area contributed by atoms with Gasteiger partial charge in [0.05, 0.1) is 11.6 Å². The van der Waals surface area contributed by atoms with Crippen LogP contribution < -0.4 is 5.32 Å². The molecular weight excluding hydrogens is 308 g/mol. The molecule has 0 bridgehead atoms. The molecule has 2 heterocycles. The number of aromatic nitrogens is 2. The lowest BCUT2D eigenvalue weighted by Crippen LogP contribution is -2.38. The van der Waals surface area contributed by atoms with Crippen molar-refractivity contribution < 1.29 is 14.7 Å². The second-order valence-corrected chi connectivity index (χ2v) is 5.97. The van der Waals surface area contributed by atoms with Crippen LogP contribution in [0.5, 0.6) is 0 Å². The first-order valence-corrected chi connectivity index (χ1v) is 7.88. The van der Waals surface area contributed by atoms with Crippen LogP contribution in [0.2, 0.25) is 0 Å². The van der Waals surface area contributed by atoms with Gasteiger partial charge in [0.15, 0.2) is 0 Å². The molecular formula is C17H20N4O3. The SMILES string of the molecule is Cn1cc(CNC(=O)N2CCC(C(=O)O)C2)c(-c2ccccc2)n1. The van der Waals surface area contributed by atoms with E-state index in [4.69, 9.17) is 5.11 Å². The number of carbonyl (C=O) groups is 2. The minimum Gasteiger partial charge on any atom is -0.481 e. The van der Waals surface area contributed by atoms with Gasteiger partial charge in [-0.3, -0.25) is 9.48 Å². The summed E-state index contributed by atoms with van der Waals surface area (Å²) in [5.41, 5.74) is 2.75. The average Bonchev–Trinajstić information content (AvgIpc) is 3.20. The van der Waals surface area contributed by atoms with Crippen LogP contribution in [0, 0.1) is 5.92 Å². The highest BCUT2D eigenvalue weighted by Gasteiger charge is 2.30. The maximum Gasteiger partial charge on any atom is 0.317 e. The third-order valence-electron chi connectivity index (χ3n) is 4.21. The predicted molar refractivity (Wildman–Crippen MR) is 88.2 cm³/mol. The van der Waals surface area contributed by atoms with Crippen LogP contribution in [0.25, 0.3) is 11.3 Å². The fraction of sp³-hybridized carbons (Fsp3) is 0.353. The minimum atomic E-state index is -0.844. The molecule has 1 atom stereocenters. The van der Waals surface area contributed by atoms with Gasteiger partial charge in [-0.1, -0.05) is 30.3 Å². The van der Waals surface area contributed by atoms with E-state index in [0.717, 1.165) is 16.8 Å². The molecule has 3 rings (SSSR count). The van der Waals surface area contributed by atoms with Gasteiger partial charge in [0, 0.05) is 44.0 Å². The number of urea groups is 1. The van der Waals surface area contributed by atoms with Crippen molar-refractivity contribution in [3.63, 3.8) is 0 Å². The molecule has 24 heavy (non-hydrogen) atoms. The smallest absolute Gasteiger partial charge is 0.317 e. The van der Waals surface area contributed by atoms with Crippen molar-refractivity contribution in [1.82, 2.24) is 20.0 Å². The summed E-state index contributed by atoms with van der Waals surface area (Å²) in [5, 5.41) is 16.3. The van der Waals surface area contributed by atoms with Gasteiger partial charge in [0.1, 0.15) is 0 Å². The molecule has 0 saturated carbocycles.